The Kier molecular flexibility index (Phi) is 6.40. The average molecular weight is 306 g/mol. The molecule has 0 spiro atoms. The number of Topliss-reactive ketones (excluding diaryl/α,β-unsaturated/α-hetero) is 1. The van der Waals surface area contributed by atoms with Crippen molar-refractivity contribution in [2.45, 2.75) is 51.7 Å². The van der Waals surface area contributed by atoms with Gasteiger partial charge < -0.3 is 15.2 Å². The predicted molar refractivity (Wildman–Crippen MR) is 86.2 cm³/mol. The Bertz CT molecular complexity index is 472. The van der Waals surface area contributed by atoms with Gasteiger partial charge in [-0.2, -0.15) is 0 Å². The van der Waals surface area contributed by atoms with Crippen molar-refractivity contribution in [2.24, 2.45) is 5.92 Å². The number of carbonyl (C=O) groups excluding carboxylic acids is 1. The minimum absolute atomic E-state index is 0.0442. The third kappa shape index (κ3) is 5.11. The zero-order valence-corrected chi connectivity index (χ0v) is 13.6. The summed E-state index contributed by atoms with van der Waals surface area (Å²) in [5, 5.41) is 12.3. The van der Waals surface area contributed by atoms with E-state index in [1.54, 1.807) is 31.2 Å². The maximum Gasteiger partial charge on any atom is 0.159 e. The number of aliphatic hydroxyl groups is 1. The minimum Gasteiger partial charge on any atom is -0.491 e. The molecule has 0 aromatic heterocycles. The summed E-state index contributed by atoms with van der Waals surface area (Å²) in [6, 6.07) is 7.69. The van der Waals surface area contributed by atoms with E-state index in [1.165, 1.54) is 25.7 Å². The molecular formula is C18H28NO3+. The molecule has 1 aliphatic carbocycles. The van der Waals surface area contributed by atoms with Gasteiger partial charge in [-0.25, -0.2) is 0 Å². The highest BCUT2D eigenvalue weighted by Crippen LogP contribution is 2.21. The van der Waals surface area contributed by atoms with Crippen LogP contribution in [0.5, 0.6) is 5.75 Å². The molecule has 1 saturated carbocycles. The van der Waals surface area contributed by atoms with Gasteiger partial charge in [-0.1, -0.05) is 13.3 Å². The second-order valence-electron chi connectivity index (χ2n) is 6.44. The Morgan fingerprint density at radius 2 is 2.00 bits per heavy atom. The molecule has 0 amide bonds. The van der Waals surface area contributed by atoms with Gasteiger partial charge in [0.25, 0.3) is 0 Å². The lowest BCUT2D eigenvalue weighted by atomic mass is 9.86. The first-order chi connectivity index (χ1) is 10.6. The summed E-state index contributed by atoms with van der Waals surface area (Å²) < 4.78 is 5.59. The number of aliphatic hydroxyl groups excluding tert-OH is 1. The zero-order chi connectivity index (χ0) is 15.9. The number of benzene rings is 1. The SMILES string of the molecule is CC(=O)c1ccc(OC[C@H](O)C[NH2+][C@H]2CCCC[C@H]2C)cc1. The van der Waals surface area contributed by atoms with Gasteiger partial charge in [-0.3, -0.25) is 4.79 Å². The molecule has 0 saturated heterocycles. The van der Waals surface area contributed by atoms with E-state index >= 15 is 0 Å². The fraction of sp³-hybridized carbons (Fsp3) is 0.611. The molecule has 0 radical (unpaired) electrons. The minimum atomic E-state index is -0.471. The molecule has 1 aromatic rings. The molecule has 4 heteroatoms. The topological polar surface area (TPSA) is 63.1 Å². The number of carbonyl (C=O) groups is 1. The number of hydrogen-bond acceptors (Lipinski definition) is 3. The van der Waals surface area contributed by atoms with E-state index < -0.39 is 6.10 Å². The van der Waals surface area contributed by atoms with Crippen molar-refractivity contribution in [3.8, 4) is 5.75 Å². The molecule has 4 nitrogen and oxygen atoms in total. The van der Waals surface area contributed by atoms with Crippen molar-refractivity contribution >= 4 is 5.78 Å². The third-order valence-electron chi connectivity index (χ3n) is 4.59. The van der Waals surface area contributed by atoms with Crippen LogP contribution in [0.3, 0.4) is 0 Å². The highest BCUT2D eigenvalue weighted by Gasteiger charge is 2.24. The molecule has 1 aromatic carbocycles. The Hall–Kier alpha value is -1.39. The number of quaternary nitrogens is 1. The van der Waals surface area contributed by atoms with E-state index in [-0.39, 0.29) is 12.4 Å². The Balaban J connectivity index is 1.70. The number of nitrogens with two attached hydrogens (primary N) is 1. The van der Waals surface area contributed by atoms with Gasteiger partial charge in [0.1, 0.15) is 25.0 Å². The summed E-state index contributed by atoms with van der Waals surface area (Å²) in [5.74, 6) is 1.47. The van der Waals surface area contributed by atoms with Gasteiger partial charge >= 0.3 is 0 Å². The highest BCUT2D eigenvalue weighted by atomic mass is 16.5. The van der Waals surface area contributed by atoms with Crippen LogP contribution in [0.25, 0.3) is 0 Å². The predicted octanol–water partition coefficient (Wildman–Crippen LogP) is 1.77. The molecule has 122 valence electrons. The molecule has 2 rings (SSSR count). The summed E-state index contributed by atoms with van der Waals surface area (Å²) in [5.41, 5.74) is 0.674. The lowest BCUT2D eigenvalue weighted by Crippen LogP contribution is -2.93. The van der Waals surface area contributed by atoms with E-state index in [0.29, 0.717) is 23.9 Å². The van der Waals surface area contributed by atoms with Gasteiger partial charge in [0.05, 0.1) is 6.04 Å². The average Bonchev–Trinajstić information content (AvgIpc) is 2.52. The summed E-state index contributed by atoms with van der Waals surface area (Å²) >= 11 is 0. The number of hydrogen-bond donors (Lipinski definition) is 2. The summed E-state index contributed by atoms with van der Waals surface area (Å²) in [7, 11) is 0. The van der Waals surface area contributed by atoms with E-state index in [2.05, 4.69) is 12.2 Å². The van der Waals surface area contributed by atoms with Crippen molar-refractivity contribution < 1.29 is 20.0 Å². The summed E-state index contributed by atoms with van der Waals surface area (Å²) in [6.07, 6.45) is 4.73. The fourth-order valence-corrected chi connectivity index (χ4v) is 3.07. The van der Waals surface area contributed by atoms with Crippen LogP contribution in [0.2, 0.25) is 0 Å². The molecule has 0 aliphatic heterocycles. The Morgan fingerprint density at radius 1 is 1.32 bits per heavy atom. The normalized spacial score (nSPS) is 23.0. The maximum atomic E-state index is 11.2. The molecule has 0 bridgehead atoms. The second-order valence-corrected chi connectivity index (χ2v) is 6.44. The van der Waals surface area contributed by atoms with Crippen LogP contribution in [-0.4, -0.2) is 36.2 Å². The van der Waals surface area contributed by atoms with E-state index in [9.17, 15) is 9.90 Å². The standard InChI is InChI=1S/C18H27NO3/c1-13-5-3-4-6-18(13)19-11-16(21)12-22-17-9-7-15(8-10-17)14(2)20/h7-10,13,16,18-19,21H,3-6,11-12H2,1-2H3/p+1/t13-,16-,18+/m1/s1. The molecular weight excluding hydrogens is 278 g/mol. The molecule has 3 atom stereocenters. The molecule has 1 fully saturated rings. The number of ketones is 1. The molecule has 0 unspecified atom stereocenters. The second kappa shape index (κ2) is 8.30. The first-order valence-corrected chi connectivity index (χ1v) is 8.31. The van der Waals surface area contributed by atoms with Crippen LogP contribution in [0.4, 0.5) is 0 Å². The van der Waals surface area contributed by atoms with Gasteiger partial charge in [0, 0.05) is 11.5 Å². The van der Waals surface area contributed by atoms with Crippen LogP contribution in [0, 0.1) is 5.92 Å². The van der Waals surface area contributed by atoms with Crippen LogP contribution >= 0.6 is 0 Å². The van der Waals surface area contributed by atoms with Crippen LogP contribution in [-0.2, 0) is 0 Å². The van der Waals surface area contributed by atoms with Crippen molar-refractivity contribution in [3.63, 3.8) is 0 Å². The van der Waals surface area contributed by atoms with Gasteiger partial charge in [0.15, 0.2) is 5.78 Å². The highest BCUT2D eigenvalue weighted by molar-refractivity contribution is 5.94. The monoisotopic (exact) mass is 306 g/mol. The Morgan fingerprint density at radius 3 is 2.64 bits per heavy atom. The molecule has 1 aliphatic rings. The molecule has 3 N–H and O–H groups in total. The quantitative estimate of drug-likeness (QED) is 0.755. The van der Waals surface area contributed by atoms with Gasteiger partial charge in [-0.15, -0.1) is 0 Å². The van der Waals surface area contributed by atoms with Crippen molar-refractivity contribution in [1.82, 2.24) is 0 Å². The molecule has 0 heterocycles. The van der Waals surface area contributed by atoms with E-state index in [1.807, 2.05) is 0 Å². The summed E-state index contributed by atoms with van der Waals surface area (Å²) in [4.78, 5) is 11.2. The fourth-order valence-electron chi connectivity index (χ4n) is 3.07. The van der Waals surface area contributed by atoms with Gasteiger partial charge in [-0.05, 0) is 50.5 Å². The van der Waals surface area contributed by atoms with E-state index in [0.717, 1.165) is 5.92 Å². The van der Waals surface area contributed by atoms with Crippen LogP contribution in [0.15, 0.2) is 24.3 Å². The first-order valence-electron chi connectivity index (χ1n) is 8.31. The number of ether oxygens (including phenoxy) is 1. The van der Waals surface area contributed by atoms with Crippen LogP contribution in [0.1, 0.15) is 49.9 Å². The lowest BCUT2D eigenvalue weighted by molar-refractivity contribution is -0.703. The Labute approximate surface area is 132 Å². The van der Waals surface area contributed by atoms with Crippen molar-refractivity contribution in [2.75, 3.05) is 13.2 Å². The summed E-state index contributed by atoms with van der Waals surface area (Å²) in [6.45, 7) is 4.82. The number of rotatable bonds is 7. The van der Waals surface area contributed by atoms with Crippen molar-refractivity contribution in [3.05, 3.63) is 29.8 Å². The van der Waals surface area contributed by atoms with Crippen molar-refractivity contribution in [1.29, 1.82) is 0 Å². The van der Waals surface area contributed by atoms with Gasteiger partial charge in [0.2, 0.25) is 0 Å². The maximum absolute atomic E-state index is 11.2. The zero-order valence-electron chi connectivity index (χ0n) is 13.6. The lowest BCUT2D eigenvalue weighted by Gasteiger charge is -2.27. The molecule has 22 heavy (non-hydrogen) atoms. The first kappa shape index (κ1) is 17.0. The largest absolute Gasteiger partial charge is 0.491 e. The van der Waals surface area contributed by atoms with Crippen LogP contribution < -0.4 is 10.1 Å². The van der Waals surface area contributed by atoms with E-state index in [4.69, 9.17) is 4.74 Å². The third-order valence-corrected chi connectivity index (χ3v) is 4.59. The smallest absolute Gasteiger partial charge is 0.159 e.